The molecule has 106 valence electrons. The van der Waals surface area contributed by atoms with Crippen LogP contribution in [0.4, 0.5) is 11.6 Å². The number of aromatic nitrogens is 2. The van der Waals surface area contributed by atoms with E-state index in [1.807, 2.05) is 61.5 Å². The lowest BCUT2D eigenvalue weighted by atomic mass is 10.2. The van der Waals surface area contributed by atoms with Crippen LogP contribution in [0.15, 0.2) is 48.5 Å². The Balaban J connectivity index is 2.01. The lowest BCUT2D eigenvalue weighted by Crippen LogP contribution is -2.15. The van der Waals surface area contributed by atoms with E-state index in [4.69, 9.17) is 11.1 Å². The van der Waals surface area contributed by atoms with Crippen LogP contribution >= 0.6 is 0 Å². The second kappa shape index (κ2) is 4.94. The van der Waals surface area contributed by atoms with Crippen molar-refractivity contribution in [3.63, 3.8) is 0 Å². The highest BCUT2D eigenvalue weighted by Crippen LogP contribution is 2.26. The Hall–Kier alpha value is -2.82. The van der Waals surface area contributed by atoms with E-state index in [2.05, 4.69) is 15.6 Å². The maximum Gasteiger partial charge on any atom is 0.210 e. The highest BCUT2D eigenvalue weighted by Gasteiger charge is 2.13. The Morgan fingerprint density at radius 3 is 2.43 bits per heavy atom. The van der Waals surface area contributed by atoms with Crippen LogP contribution in [0.2, 0.25) is 0 Å². The Morgan fingerprint density at radius 2 is 1.81 bits per heavy atom. The summed E-state index contributed by atoms with van der Waals surface area (Å²) in [5, 5.41) is 7.43. The minimum absolute atomic E-state index is 0.0759. The minimum atomic E-state index is 0.0759. The molecule has 1 heterocycles. The predicted octanol–water partition coefficient (Wildman–Crippen LogP) is 2.63. The van der Waals surface area contributed by atoms with Gasteiger partial charge in [0.1, 0.15) is 5.84 Å². The summed E-state index contributed by atoms with van der Waals surface area (Å²) >= 11 is 0. The third-order valence-corrected chi connectivity index (χ3v) is 3.63. The number of hydrogen-bond acceptors (Lipinski definition) is 3. The number of anilines is 2. The van der Waals surface area contributed by atoms with Crippen molar-refractivity contribution in [2.45, 2.75) is 0 Å². The Kier molecular flexibility index (Phi) is 3.10. The van der Waals surface area contributed by atoms with E-state index in [9.17, 15) is 0 Å². The number of para-hydroxylation sites is 2. The van der Waals surface area contributed by atoms with E-state index in [1.165, 1.54) is 0 Å². The first-order valence-corrected chi connectivity index (χ1v) is 6.67. The molecule has 0 unspecified atom stereocenters. The van der Waals surface area contributed by atoms with Crippen LogP contribution in [0.3, 0.4) is 0 Å². The van der Waals surface area contributed by atoms with E-state index in [0.717, 1.165) is 28.2 Å². The summed E-state index contributed by atoms with van der Waals surface area (Å²) in [7, 11) is 3.98. The number of nitrogen functional groups attached to an aromatic ring is 1. The first-order chi connectivity index (χ1) is 10.1. The molecule has 0 radical (unpaired) electrons. The van der Waals surface area contributed by atoms with Crippen LogP contribution in [-0.2, 0) is 7.05 Å². The zero-order valence-electron chi connectivity index (χ0n) is 12.0. The van der Waals surface area contributed by atoms with E-state index in [1.54, 1.807) is 0 Å². The molecule has 1 aromatic heterocycles. The van der Waals surface area contributed by atoms with Gasteiger partial charge in [-0.3, -0.25) is 5.41 Å². The Bertz CT molecular complexity index is 801. The molecule has 0 saturated heterocycles. The molecule has 0 amide bonds. The molecule has 2 aromatic carbocycles. The lowest BCUT2D eigenvalue weighted by molar-refractivity contribution is 0.910. The zero-order valence-corrected chi connectivity index (χ0v) is 12.0. The van der Waals surface area contributed by atoms with E-state index in [0.29, 0.717) is 0 Å². The molecule has 0 fully saturated rings. The Morgan fingerprint density at radius 1 is 1.14 bits per heavy atom. The maximum atomic E-state index is 7.43. The first kappa shape index (κ1) is 13.2. The van der Waals surface area contributed by atoms with Crippen molar-refractivity contribution in [1.82, 2.24) is 9.55 Å². The fourth-order valence-electron chi connectivity index (χ4n) is 2.41. The minimum Gasteiger partial charge on any atom is -0.384 e. The number of fused-ring (bicyclic) bond motifs is 1. The molecule has 0 atom stereocenters. The molecule has 3 rings (SSSR count). The second-order valence-corrected chi connectivity index (χ2v) is 4.98. The van der Waals surface area contributed by atoms with Crippen molar-refractivity contribution in [3.8, 4) is 0 Å². The van der Waals surface area contributed by atoms with Gasteiger partial charge in [-0.05, 0) is 36.4 Å². The maximum absolute atomic E-state index is 7.43. The number of nitrogens with one attached hydrogen (secondary N) is 1. The van der Waals surface area contributed by atoms with Gasteiger partial charge in [-0.1, -0.05) is 12.1 Å². The van der Waals surface area contributed by atoms with Crippen LogP contribution in [0.1, 0.15) is 5.56 Å². The van der Waals surface area contributed by atoms with Crippen molar-refractivity contribution in [3.05, 3.63) is 54.1 Å². The predicted molar refractivity (Wildman–Crippen MR) is 86.2 cm³/mol. The van der Waals surface area contributed by atoms with Gasteiger partial charge in [-0.2, -0.15) is 0 Å². The normalized spacial score (nSPS) is 10.8. The third-order valence-electron chi connectivity index (χ3n) is 3.63. The molecule has 0 bridgehead atoms. The number of aryl methyl sites for hydroxylation is 1. The number of rotatable bonds is 3. The summed E-state index contributed by atoms with van der Waals surface area (Å²) in [6.07, 6.45) is 0. The van der Waals surface area contributed by atoms with Crippen LogP contribution in [-0.4, -0.2) is 22.4 Å². The molecule has 5 heteroatoms. The Labute approximate surface area is 123 Å². The average molecular weight is 279 g/mol. The summed E-state index contributed by atoms with van der Waals surface area (Å²) in [5.41, 5.74) is 9.27. The topological polar surface area (TPSA) is 70.9 Å². The number of hydrogen-bond donors (Lipinski definition) is 2. The summed E-state index contributed by atoms with van der Waals surface area (Å²) in [6.45, 7) is 0. The number of imidazole rings is 1. The van der Waals surface area contributed by atoms with Gasteiger partial charge in [-0.15, -0.1) is 0 Å². The molecular formula is C16H17N5. The van der Waals surface area contributed by atoms with E-state index in [-0.39, 0.29) is 5.84 Å². The van der Waals surface area contributed by atoms with Crippen LogP contribution in [0.5, 0.6) is 0 Å². The smallest absolute Gasteiger partial charge is 0.210 e. The molecule has 0 spiro atoms. The molecule has 0 aliphatic rings. The fraction of sp³-hybridized carbons (Fsp3) is 0.125. The van der Waals surface area contributed by atoms with Crippen LogP contribution < -0.4 is 10.6 Å². The van der Waals surface area contributed by atoms with Crippen LogP contribution in [0, 0.1) is 5.41 Å². The number of amidine groups is 1. The fourth-order valence-corrected chi connectivity index (χ4v) is 2.41. The quantitative estimate of drug-likeness (QED) is 0.572. The monoisotopic (exact) mass is 279 g/mol. The highest BCUT2D eigenvalue weighted by molar-refractivity contribution is 5.95. The summed E-state index contributed by atoms with van der Waals surface area (Å²) in [5.74, 6) is 0.943. The molecule has 0 aliphatic carbocycles. The van der Waals surface area contributed by atoms with Gasteiger partial charge in [0.2, 0.25) is 5.95 Å². The average Bonchev–Trinajstić information content (AvgIpc) is 2.84. The first-order valence-electron chi connectivity index (χ1n) is 6.67. The summed E-state index contributed by atoms with van der Waals surface area (Å²) < 4.78 is 2.06. The van der Waals surface area contributed by atoms with Gasteiger partial charge in [0, 0.05) is 25.3 Å². The van der Waals surface area contributed by atoms with Crippen molar-refractivity contribution in [2.24, 2.45) is 12.8 Å². The van der Waals surface area contributed by atoms with Gasteiger partial charge >= 0.3 is 0 Å². The van der Waals surface area contributed by atoms with Gasteiger partial charge in [0.15, 0.2) is 0 Å². The van der Waals surface area contributed by atoms with Crippen molar-refractivity contribution < 1.29 is 0 Å². The van der Waals surface area contributed by atoms with Gasteiger partial charge in [0.05, 0.1) is 11.0 Å². The van der Waals surface area contributed by atoms with E-state index < -0.39 is 0 Å². The third kappa shape index (κ3) is 2.23. The molecule has 21 heavy (non-hydrogen) atoms. The molecular weight excluding hydrogens is 262 g/mol. The van der Waals surface area contributed by atoms with Crippen molar-refractivity contribution in [1.29, 1.82) is 5.41 Å². The molecule has 3 N–H and O–H groups in total. The number of nitrogens with zero attached hydrogens (tertiary/aromatic N) is 3. The number of benzene rings is 2. The van der Waals surface area contributed by atoms with Gasteiger partial charge in [0.25, 0.3) is 0 Å². The molecule has 3 aromatic rings. The zero-order chi connectivity index (χ0) is 15.0. The lowest BCUT2D eigenvalue weighted by Gasteiger charge is -2.18. The molecule has 0 saturated carbocycles. The summed E-state index contributed by atoms with van der Waals surface area (Å²) in [6, 6.07) is 15.6. The number of nitrogens with two attached hydrogens (primary N) is 1. The molecule has 0 aliphatic heterocycles. The highest BCUT2D eigenvalue weighted by atomic mass is 15.3. The van der Waals surface area contributed by atoms with Crippen molar-refractivity contribution >= 4 is 28.5 Å². The van der Waals surface area contributed by atoms with E-state index >= 15 is 0 Å². The van der Waals surface area contributed by atoms with Crippen molar-refractivity contribution in [2.75, 3.05) is 11.9 Å². The summed E-state index contributed by atoms with van der Waals surface area (Å²) in [4.78, 5) is 6.69. The van der Waals surface area contributed by atoms with Gasteiger partial charge in [-0.25, -0.2) is 4.98 Å². The second-order valence-electron chi connectivity index (χ2n) is 4.98. The SMILES string of the molecule is CN(c1ccc(C(=N)N)cc1)c1nc2ccccc2n1C. The largest absolute Gasteiger partial charge is 0.384 e. The van der Waals surface area contributed by atoms with Crippen LogP contribution in [0.25, 0.3) is 11.0 Å². The molecule has 5 nitrogen and oxygen atoms in total. The van der Waals surface area contributed by atoms with Gasteiger partial charge < -0.3 is 15.2 Å². The standard InChI is InChI=1S/C16H17N5/c1-20(12-9-7-11(8-10-12)15(17)18)16-19-13-5-3-4-6-14(13)21(16)2/h3-10H,1-2H3,(H3,17,18).